The quantitative estimate of drug-likeness (QED) is 0.943. The maximum absolute atomic E-state index is 12.8. The van der Waals surface area contributed by atoms with Gasteiger partial charge in [-0.15, -0.1) is 0 Å². The molecule has 2 aromatic carbocycles. The minimum absolute atomic E-state index is 0.0481. The van der Waals surface area contributed by atoms with E-state index in [0.717, 1.165) is 18.7 Å². The van der Waals surface area contributed by atoms with E-state index < -0.39 is 0 Å². The van der Waals surface area contributed by atoms with Crippen LogP contribution in [0.3, 0.4) is 0 Å². The van der Waals surface area contributed by atoms with Crippen molar-refractivity contribution in [3.8, 4) is 11.5 Å². The van der Waals surface area contributed by atoms with Crippen LogP contribution >= 0.6 is 0 Å². The molecule has 2 aromatic rings. The van der Waals surface area contributed by atoms with Crippen molar-refractivity contribution in [2.75, 3.05) is 13.1 Å². The van der Waals surface area contributed by atoms with Crippen LogP contribution in [0.25, 0.3) is 0 Å². The topological polar surface area (TPSA) is 55.6 Å². The minimum Gasteiger partial charge on any atom is -0.457 e. The molecule has 2 N–H and O–H groups in total. The molecule has 23 heavy (non-hydrogen) atoms. The molecule has 1 fully saturated rings. The first-order chi connectivity index (χ1) is 11.2. The average molecular weight is 310 g/mol. The lowest BCUT2D eigenvalue weighted by Crippen LogP contribution is -2.34. The summed E-state index contributed by atoms with van der Waals surface area (Å²) in [6, 6.07) is 17.1. The van der Waals surface area contributed by atoms with Crippen molar-refractivity contribution < 1.29 is 9.53 Å². The van der Waals surface area contributed by atoms with E-state index in [1.807, 2.05) is 53.4 Å². The van der Waals surface area contributed by atoms with E-state index in [-0.39, 0.29) is 11.9 Å². The van der Waals surface area contributed by atoms with Gasteiger partial charge in [0.15, 0.2) is 0 Å². The second kappa shape index (κ2) is 6.84. The number of para-hydroxylation sites is 1. The van der Waals surface area contributed by atoms with Crippen molar-refractivity contribution in [2.45, 2.75) is 19.4 Å². The number of carbonyl (C=O) groups is 1. The van der Waals surface area contributed by atoms with E-state index >= 15 is 0 Å². The monoisotopic (exact) mass is 310 g/mol. The Bertz CT molecular complexity index is 672. The molecule has 1 heterocycles. The average Bonchev–Trinajstić information content (AvgIpc) is 2.96. The highest BCUT2D eigenvalue weighted by Gasteiger charge is 2.32. The Hall–Kier alpha value is -2.33. The van der Waals surface area contributed by atoms with E-state index in [0.29, 0.717) is 23.8 Å². The van der Waals surface area contributed by atoms with Crippen LogP contribution in [-0.4, -0.2) is 29.9 Å². The summed E-state index contributed by atoms with van der Waals surface area (Å²) in [4.78, 5) is 14.7. The molecule has 0 spiro atoms. The summed E-state index contributed by atoms with van der Waals surface area (Å²) in [6.45, 7) is 3.45. The van der Waals surface area contributed by atoms with Gasteiger partial charge in [-0.25, -0.2) is 0 Å². The number of nitrogens with zero attached hydrogens (tertiary/aromatic N) is 1. The summed E-state index contributed by atoms with van der Waals surface area (Å²) in [5, 5.41) is 0. The van der Waals surface area contributed by atoms with Crippen molar-refractivity contribution in [3.05, 3.63) is 60.2 Å². The third kappa shape index (κ3) is 3.54. The van der Waals surface area contributed by atoms with E-state index in [2.05, 4.69) is 6.92 Å². The number of nitrogens with two attached hydrogens (primary N) is 1. The molecule has 120 valence electrons. The molecule has 1 saturated heterocycles. The van der Waals surface area contributed by atoms with Crippen molar-refractivity contribution in [1.82, 2.24) is 4.90 Å². The van der Waals surface area contributed by atoms with Crippen molar-refractivity contribution in [3.63, 3.8) is 0 Å². The Labute approximate surface area is 136 Å². The Kier molecular flexibility index (Phi) is 4.63. The highest BCUT2D eigenvalue weighted by atomic mass is 16.5. The number of hydrogen-bond acceptors (Lipinski definition) is 3. The van der Waals surface area contributed by atoms with E-state index in [9.17, 15) is 4.79 Å². The molecule has 4 heteroatoms. The molecule has 2 atom stereocenters. The zero-order valence-corrected chi connectivity index (χ0v) is 13.3. The maximum Gasteiger partial charge on any atom is 0.254 e. The molecule has 1 aliphatic rings. The summed E-state index contributed by atoms with van der Waals surface area (Å²) in [5.41, 5.74) is 6.40. The van der Waals surface area contributed by atoms with Gasteiger partial charge in [0, 0.05) is 18.2 Å². The summed E-state index contributed by atoms with van der Waals surface area (Å²) in [7, 11) is 0. The highest BCUT2D eigenvalue weighted by Crippen LogP contribution is 2.26. The van der Waals surface area contributed by atoms with Crippen LogP contribution < -0.4 is 10.5 Å². The molecule has 0 saturated carbocycles. The summed E-state index contributed by atoms with van der Waals surface area (Å²) in [5.74, 6) is 1.88. The van der Waals surface area contributed by atoms with Gasteiger partial charge in [0.1, 0.15) is 11.5 Å². The Morgan fingerprint density at radius 3 is 2.61 bits per heavy atom. The number of ether oxygens (including phenoxy) is 1. The molecule has 3 rings (SSSR count). The van der Waals surface area contributed by atoms with Crippen LogP contribution in [0.1, 0.15) is 23.7 Å². The van der Waals surface area contributed by atoms with Gasteiger partial charge in [-0.05, 0) is 56.1 Å². The highest BCUT2D eigenvalue weighted by molar-refractivity contribution is 5.95. The van der Waals surface area contributed by atoms with Gasteiger partial charge in [-0.1, -0.05) is 24.3 Å². The number of hydrogen-bond donors (Lipinski definition) is 1. The fourth-order valence-corrected chi connectivity index (χ4v) is 3.08. The Morgan fingerprint density at radius 1 is 1.17 bits per heavy atom. The molecule has 0 aromatic heterocycles. The lowest BCUT2D eigenvalue weighted by molar-refractivity contribution is 0.0743. The maximum atomic E-state index is 12.8. The zero-order valence-electron chi connectivity index (χ0n) is 13.3. The SMILES string of the molecule is CC1CC(CN)CN1C(=O)c1cccc(Oc2ccccc2)c1. The third-order valence-electron chi connectivity index (χ3n) is 4.32. The van der Waals surface area contributed by atoms with Crippen LogP contribution in [-0.2, 0) is 0 Å². The smallest absolute Gasteiger partial charge is 0.254 e. The van der Waals surface area contributed by atoms with E-state index in [1.54, 1.807) is 6.07 Å². The minimum atomic E-state index is 0.0481. The molecule has 0 aliphatic carbocycles. The molecule has 4 nitrogen and oxygen atoms in total. The number of carbonyl (C=O) groups excluding carboxylic acids is 1. The number of rotatable bonds is 4. The van der Waals surface area contributed by atoms with Crippen LogP contribution in [0.2, 0.25) is 0 Å². The van der Waals surface area contributed by atoms with Gasteiger partial charge < -0.3 is 15.4 Å². The Morgan fingerprint density at radius 2 is 1.91 bits per heavy atom. The van der Waals surface area contributed by atoms with Gasteiger partial charge in [0.25, 0.3) is 5.91 Å². The molecule has 0 bridgehead atoms. The fourth-order valence-electron chi connectivity index (χ4n) is 3.08. The molecule has 1 aliphatic heterocycles. The standard InChI is InChI=1S/C19H22N2O2/c1-14-10-15(12-20)13-21(14)19(22)16-6-5-9-18(11-16)23-17-7-3-2-4-8-17/h2-9,11,14-15H,10,12-13,20H2,1H3. The fraction of sp³-hybridized carbons (Fsp3) is 0.316. The predicted molar refractivity (Wildman–Crippen MR) is 90.6 cm³/mol. The van der Waals surface area contributed by atoms with Crippen molar-refractivity contribution in [2.24, 2.45) is 11.7 Å². The van der Waals surface area contributed by atoms with Gasteiger partial charge in [-0.3, -0.25) is 4.79 Å². The van der Waals surface area contributed by atoms with E-state index in [4.69, 9.17) is 10.5 Å². The molecule has 2 unspecified atom stereocenters. The second-order valence-electron chi connectivity index (χ2n) is 6.09. The number of likely N-dealkylation sites (tertiary alicyclic amines) is 1. The molecule has 0 radical (unpaired) electrons. The number of benzene rings is 2. The molecular weight excluding hydrogens is 288 g/mol. The first-order valence-electron chi connectivity index (χ1n) is 8.01. The van der Waals surface area contributed by atoms with Crippen LogP contribution in [0.5, 0.6) is 11.5 Å². The molecule has 1 amide bonds. The Balaban J connectivity index is 1.76. The summed E-state index contributed by atoms with van der Waals surface area (Å²) < 4.78 is 5.81. The van der Waals surface area contributed by atoms with Crippen molar-refractivity contribution in [1.29, 1.82) is 0 Å². The normalized spacial score (nSPS) is 20.5. The van der Waals surface area contributed by atoms with Gasteiger partial charge >= 0.3 is 0 Å². The predicted octanol–water partition coefficient (Wildman–Crippen LogP) is 3.29. The summed E-state index contributed by atoms with van der Waals surface area (Å²) in [6.07, 6.45) is 0.975. The lowest BCUT2D eigenvalue weighted by Gasteiger charge is -2.21. The van der Waals surface area contributed by atoms with Gasteiger partial charge in [0.2, 0.25) is 0 Å². The first-order valence-corrected chi connectivity index (χ1v) is 8.01. The van der Waals surface area contributed by atoms with Crippen LogP contribution in [0.15, 0.2) is 54.6 Å². The summed E-state index contributed by atoms with van der Waals surface area (Å²) >= 11 is 0. The molecular formula is C19H22N2O2. The van der Waals surface area contributed by atoms with Crippen LogP contribution in [0.4, 0.5) is 0 Å². The first kappa shape index (κ1) is 15.6. The van der Waals surface area contributed by atoms with Gasteiger partial charge in [-0.2, -0.15) is 0 Å². The van der Waals surface area contributed by atoms with E-state index in [1.165, 1.54) is 0 Å². The number of amides is 1. The third-order valence-corrected chi connectivity index (χ3v) is 4.32. The second-order valence-corrected chi connectivity index (χ2v) is 6.09. The lowest BCUT2D eigenvalue weighted by atomic mass is 10.1. The van der Waals surface area contributed by atoms with Gasteiger partial charge in [0.05, 0.1) is 0 Å². The zero-order chi connectivity index (χ0) is 16.2. The van der Waals surface area contributed by atoms with Crippen LogP contribution in [0, 0.1) is 5.92 Å². The van der Waals surface area contributed by atoms with Crippen molar-refractivity contribution >= 4 is 5.91 Å². The largest absolute Gasteiger partial charge is 0.457 e.